The summed E-state index contributed by atoms with van der Waals surface area (Å²) in [5.74, 6) is 0. The molecule has 12 nitrogen and oxygen atoms in total. The maximum Gasteiger partial charge on any atom is 2.00 e. The number of rotatable bonds is 0. The third-order valence-corrected chi connectivity index (χ3v) is 0. The average molecular weight is 576 g/mol. The fourth-order valence-electron chi connectivity index (χ4n) is 0. The Kier molecular flexibility index (Phi) is 387. The summed E-state index contributed by atoms with van der Waals surface area (Å²) in [7, 11) is -8.59. The molecule has 126 valence electrons. The van der Waals surface area contributed by atoms with E-state index in [1.54, 1.807) is 0 Å². The van der Waals surface area contributed by atoms with Gasteiger partial charge in [0, 0.05) is 0 Å². The molecule has 0 saturated carbocycles. The number of hydrogen-bond donors (Lipinski definition) is 6. The Labute approximate surface area is 245 Å². The average Bonchev–Trinajstić information content (AvgIpc) is 1.85. The molecule has 2 radical (unpaired) electrons. The van der Waals surface area contributed by atoms with Crippen molar-refractivity contribution in [2.75, 3.05) is 0 Å². The summed E-state index contributed by atoms with van der Waals surface area (Å²) in [5, 5.41) is 0. The minimum Gasteiger partial charge on any atom is -0.870 e. The van der Waals surface area contributed by atoms with Crippen LogP contribution in [-0.2, 0) is 52.0 Å². The monoisotopic (exact) mass is 574 g/mol. The molecule has 0 bridgehead atoms. The molecule has 8 N–H and O–H groups in total. The van der Waals surface area contributed by atoms with E-state index in [1.165, 1.54) is 0 Å². The molecular formula is CH12Ca3Cu2O12Si4+6. The van der Waals surface area contributed by atoms with Gasteiger partial charge in [0.25, 0.3) is 0 Å². The minimum absolute atomic E-state index is 0. The summed E-state index contributed by atoms with van der Waals surface area (Å²) in [6.45, 7) is 0. The normalized spacial score (nSPS) is 3.27. The van der Waals surface area contributed by atoms with E-state index in [-0.39, 0.29) is 166 Å². The van der Waals surface area contributed by atoms with Crippen molar-refractivity contribution in [2.45, 2.75) is 7.43 Å². The van der Waals surface area contributed by atoms with Gasteiger partial charge in [0.2, 0.25) is 0 Å². The van der Waals surface area contributed by atoms with Gasteiger partial charge in [-0.05, 0) is 0 Å². The zero-order valence-corrected chi connectivity index (χ0v) is 22.4. The van der Waals surface area contributed by atoms with Gasteiger partial charge in [0.15, 0.2) is 0 Å². The van der Waals surface area contributed by atoms with E-state index in [0.717, 1.165) is 0 Å². The fourth-order valence-corrected chi connectivity index (χ4v) is 0. The maximum absolute atomic E-state index is 8.74. The Morgan fingerprint density at radius 2 is 0.636 bits per heavy atom. The first kappa shape index (κ1) is 83.7. The summed E-state index contributed by atoms with van der Waals surface area (Å²) >= 11 is 0. The van der Waals surface area contributed by atoms with Crippen LogP contribution in [0.5, 0.6) is 0 Å². The standard InChI is InChI=1S/CH4.3Ca.2Cu.2H2O3Si.2HO2Si.2H2O/c;;;;;;2*1-4(2)3;2*1-3-2;;/h1H4;;;;;;2*1-2H;2*1H;2*1H2/q;5*+2;;;2*-1;;/p-2. The Bertz CT molecular complexity index is 152. The van der Waals surface area contributed by atoms with Gasteiger partial charge in [-0.1, -0.05) is 7.43 Å². The van der Waals surface area contributed by atoms with Crippen LogP contribution in [0.1, 0.15) is 7.43 Å². The van der Waals surface area contributed by atoms with Gasteiger partial charge in [-0.3, -0.25) is 8.92 Å². The molecule has 0 fully saturated rings. The zero-order chi connectivity index (χ0) is 12.6. The SMILES string of the molecule is C.O=[Si-]O.O=[Si-]O.O=[Si](O)O.O=[Si](O)O.[Ca+2].[Ca+2].[Ca+2].[Cu+2].[Cu+2].[OH-].[OH-]. The Balaban J connectivity index is -0.00000000544. The summed E-state index contributed by atoms with van der Waals surface area (Å²) in [6, 6.07) is 0. The second kappa shape index (κ2) is 102. The van der Waals surface area contributed by atoms with Crippen LogP contribution >= 0.6 is 0 Å². The van der Waals surface area contributed by atoms with Crippen LogP contribution in [0, 0.1) is 0 Å². The minimum atomic E-state index is -3.13. The summed E-state index contributed by atoms with van der Waals surface area (Å²) in [6.07, 6.45) is 0. The topological polar surface area (TPSA) is 250 Å². The van der Waals surface area contributed by atoms with Crippen molar-refractivity contribution in [3.05, 3.63) is 0 Å². The van der Waals surface area contributed by atoms with Crippen LogP contribution in [0.15, 0.2) is 0 Å². The predicted molar refractivity (Wildman–Crippen MR) is 66.9 cm³/mol. The third kappa shape index (κ3) is 928. The molecule has 0 aromatic rings. The van der Waals surface area contributed by atoms with Gasteiger partial charge in [0.05, 0.1) is 19.3 Å². The molecule has 0 rings (SSSR count). The zero-order valence-electron chi connectivity index (χ0n) is 9.94. The van der Waals surface area contributed by atoms with E-state index in [0.29, 0.717) is 0 Å². The van der Waals surface area contributed by atoms with Crippen molar-refractivity contribution in [3.63, 3.8) is 0 Å². The van der Waals surface area contributed by atoms with Crippen molar-refractivity contribution < 1.29 is 91.7 Å². The second-order valence-electron chi connectivity index (χ2n) is 0.748. The smallest absolute Gasteiger partial charge is 0.870 e. The van der Waals surface area contributed by atoms with Gasteiger partial charge < -0.3 is 48.7 Å². The van der Waals surface area contributed by atoms with Crippen LogP contribution in [0.2, 0.25) is 0 Å². The molecule has 0 saturated heterocycles. The first-order valence-electron chi connectivity index (χ1n) is 2.16. The van der Waals surface area contributed by atoms with Crippen LogP contribution in [0.4, 0.5) is 0 Å². The molecule has 0 aromatic heterocycles. The predicted octanol–water partition coefficient (Wildman–Crippen LogP) is -6.21. The van der Waals surface area contributed by atoms with Crippen molar-refractivity contribution in [1.29, 1.82) is 0 Å². The summed E-state index contributed by atoms with van der Waals surface area (Å²) in [4.78, 5) is 42.7. The van der Waals surface area contributed by atoms with E-state index >= 15 is 0 Å². The molecule has 0 unspecified atom stereocenters. The van der Waals surface area contributed by atoms with Gasteiger partial charge in [-0.2, -0.15) is 0 Å². The summed E-state index contributed by atoms with van der Waals surface area (Å²) in [5.41, 5.74) is 0. The Hall–Kier alpha value is 3.61. The summed E-state index contributed by atoms with van der Waals surface area (Å²) < 4.78 is 34.5. The molecule has 0 atom stereocenters. The van der Waals surface area contributed by atoms with Crippen LogP contribution in [0.3, 0.4) is 0 Å². The van der Waals surface area contributed by atoms with E-state index in [2.05, 4.69) is 0 Å². The molecule has 0 aliphatic rings. The Morgan fingerprint density at radius 1 is 0.636 bits per heavy atom. The molecule has 0 aromatic carbocycles. The van der Waals surface area contributed by atoms with Gasteiger partial charge >= 0.3 is 166 Å². The van der Waals surface area contributed by atoms with Crippen molar-refractivity contribution >= 4 is 151 Å². The first-order chi connectivity index (χ1) is 6.29. The maximum atomic E-state index is 8.74. The molecule has 0 aliphatic carbocycles. The van der Waals surface area contributed by atoms with Gasteiger partial charge in [-0.25, -0.2) is 0 Å². The van der Waals surface area contributed by atoms with E-state index in [4.69, 9.17) is 46.6 Å². The number of hydrogen-bond acceptors (Lipinski definition) is 6. The molecule has 0 heterocycles. The molecule has 0 amide bonds. The van der Waals surface area contributed by atoms with Crippen LogP contribution in [0.25, 0.3) is 0 Å². The largest absolute Gasteiger partial charge is 2.00 e. The van der Waals surface area contributed by atoms with Crippen molar-refractivity contribution in [1.82, 2.24) is 0 Å². The van der Waals surface area contributed by atoms with E-state index in [9.17, 15) is 0 Å². The fraction of sp³-hybridized carbons (Fsp3) is 1.00. The van der Waals surface area contributed by atoms with Crippen molar-refractivity contribution in [2.24, 2.45) is 0 Å². The Morgan fingerprint density at radius 3 is 0.636 bits per heavy atom. The molecular weight excluding hydrogens is 564 g/mol. The molecule has 0 spiro atoms. The first-order valence-corrected chi connectivity index (χ1v) is 6.47. The molecule has 22 heavy (non-hydrogen) atoms. The molecule has 21 heteroatoms. The third-order valence-electron chi connectivity index (χ3n) is 0. The van der Waals surface area contributed by atoms with Gasteiger partial charge in [0.1, 0.15) is 0 Å². The quantitative estimate of drug-likeness (QED) is 0.148. The second-order valence-corrected chi connectivity index (χ2v) is 2.24. The van der Waals surface area contributed by atoms with Gasteiger partial charge in [-0.15, -0.1) is 0 Å². The molecule has 0 aliphatic heterocycles. The van der Waals surface area contributed by atoms with E-state index < -0.39 is 37.6 Å². The van der Waals surface area contributed by atoms with Crippen LogP contribution in [-0.4, -0.2) is 191 Å². The van der Waals surface area contributed by atoms with Crippen molar-refractivity contribution in [3.8, 4) is 0 Å². The van der Waals surface area contributed by atoms with E-state index in [1.807, 2.05) is 0 Å². The van der Waals surface area contributed by atoms with Crippen LogP contribution < -0.4 is 0 Å².